The van der Waals surface area contributed by atoms with E-state index in [1.54, 1.807) is 18.1 Å². The molecule has 1 atom stereocenters. The SMILES string of the molecule is CCOc1ccc(C2CCc3c(sc4ncnc(Sc5ccccc5)c34)C2)cc1. The second-order valence-electron chi connectivity index (χ2n) is 7.22. The van der Waals surface area contributed by atoms with Gasteiger partial charge in [0, 0.05) is 15.2 Å². The van der Waals surface area contributed by atoms with Gasteiger partial charge in [0.05, 0.1) is 6.61 Å². The minimum absolute atomic E-state index is 0.560. The molecule has 146 valence electrons. The number of rotatable bonds is 5. The van der Waals surface area contributed by atoms with Crippen molar-refractivity contribution in [2.75, 3.05) is 6.61 Å². The maximum atomic E-state index is 5.59. The van der Waals surface area contributed by atoms with E-state index in [2.05, 4.69) is 58.5 Å². The van der Waals surface area contributed by atoms with Crippen molar-refractivity contribution in [2.24, 2.45) is 0 Å². The quantitative estimate of drug-likeness (QED) is 0.346. The van der Waals surface area contributed by atoms with Crippen molar-refractivity contribution in [2.45, 2.75) is 42.0 Å². The van der Waals surface area contributed by atoms with Gasteiger partial charge in [-0.25, -0.2) is 9.97 Å². The summed E-state index contributed by atoms with van der Waals surface area (Å²) in [7, 11) is 0. The van der Waals surface area contributed by atoms with Crippen LogP contribution in [0.2, 0.25) is 0 Å². The van der Waals surface area contributed by atoms with Crippen LogP contribution in [0.3, 0.4) is 0 Å². The number of hydrogen-bond acceptors (Lipinski definition) is 5. The number of aromatic nitrogens is 2. The molecule has 0 radical (unpaired) electrons. The number of ether oxygens (including phenoxy) is 1. The zero-order chi connectivity index (χ0) is 19.6. The molecule has 5 heteroatoms. The molecule has 2 aromatic carbocycles. The minimum Gasteiger partial charge on any atom is -0.494 e. The van der Waals surface area contributed by atoms with E-state index in [0.717, 1.165) is 34.9 Å². The average Bonchev–Trinajstić information content (AvgIpc) is 3.14. The van der Waals surface area contributed by atoms with Crippen LogP contribution in [0.25, 0.3) is 10.2 Å². The predicted octanol–water partition coefficient (Wildman–Crippen LogP) is 6.51. The maximum Gasteiger partial charge on any atom is 0.128 e. The Bertz CT molecular complexity index is 1120. The summed E-state index contributed by atoms with van der Waals surface area (Å²) in [4.78, 5) is 13.0. The van der Waals surface area contributed by atoms with Crippen LogP contribution < -0.4 is 4.74 Å². The summed E-state index contributed by atoms with van der Waals surface area (Å²) in [6, 6.07) is 19.1. The van der Waals surface area contributed by atoms with Gasteiger partial charge >= 0.3 is 0 Å². The van der Waals surface area contributed by atoms with Crippen molar-refractivity contribution in [1.82, 2.24) is 9.97 Å². The van der Waals surface area contributed by atoms with Gasteiger partial charge in [0.25, 0.3) is 0 Å². The third-order valence-corrected chi connectivity index (χ3v) is 7.60. The first-order chi connectivity index (χ1) is 14.3. The number of fused-ring (bicyclic) bond motifs is 3. The van der Waals surface area contributed by atoms with Gasteiger partial charge in [-0.1, -0.05) is 42.1 Å². The van der Waals surface area contributed by atoms with Crippen molar-refractivity contribution < 1.29 is 4.74 Å². The number of aryl methyl sites for hydroxylation is 1. The van der Waals surface area contributed by atoms with Gasteiger partial charge in [-0.05, 0) is 67.5 Å². The molecule has 5 rings (SSSR count). The van der Waals surface area contributed by atoms with Crippen molar-refractivity contribution in [3.8, 4) is 5.75 Å². The van der Waals surface area contributed by atoms with E-state index in [-0.39, 0.29) is 0 Å². The molecule has 2 aromatic heterocycles. The van der Waals surface area contributed by atoms with E-state index in [4.69, 9.17) is 4.74 Å². The van der Waals surface area contributed by atoms with Crippen LogP contribution in [-0.2, 0) is 12.8 Å². The summed E-state index contributed by atoms with van der Waals surface area (Å²) in [5, 5.41) is 2.35. The predicted molar refractivity (Wildman–Crippen MR) is 120 cm³/mol. The van der Waals surface area contributed by atoms with Crippen molar-refractivity contribution in [3.63, 3.8) is 0 Å². The fourth-order valence-corrected chi connectivity index (χ4v) is 6.32. The number of hydrogen-bond donors (Lipinski definition) is 0. The van der Waals surface area contributed by atoms with Crippen LogP contribution in [-0.4, -0.2) is 16.6 Å². The fraction of sp³-hybridized carbons (Fsp3) is 0.250. The Morgan fingerprint density at radius 1 is 1.07 bits per heavy atom. The Balaban J connectivity index is 1.44. The van der Waals surface area contributed by atoms with Crippen LogP contribution in [0.15, 0.2) is 70.8 Å². The fourth-order valence-electron chi connectivity index (χ4n) is 4.05. The Morgan fingerprint density at radius 3 is 2.69 bits per heavy atom. The minimum atomic E-state index is 0.560. The molecule has 29 heavy (non-hydrogen) atoms. The molecular formula is C24H22N2OS2. The molecule has 0 amide bonds. The Morgan fingerprint density at radius 2 is 1.90 bits per heavy atom. The topological polar surface area (TPSA) is 35.0 Å². The largest absolute Gasteiger partial charge is 0.494 e. The second-order valence-corrected chi connectivity index (χ2v) is 9.37. The van der Waals surface area contributed by atoms with Crippen molar-refractivity contribution >= 4 is 33.3 Å². The highest BCUT2D eigenvalue weighted by atomic mass is 32.2. The van der Waals surface area contributed by atoms with Gasteiger partial charge < -0.3 is 4.74 Å². The lowest BCUT2D eigenvalue weighted by Crippen LogP contribution is -2.11. The highest BCUT2D eigenvalue weighted by molar-refractivity contribution is 7.99. The van der Waals surface area contributed by atoms with Gasteiger partial charge in [-0.3, -0.25) is 0 Å². The van der Waals surface area contributed by atoms with Gasteiger partial charge in [-0.15, -0.1) is 11.3 Å². The lowest BCUT2D eigenvalue weighted by atomic mass is 9.83. The lowest BCUT2D eigenvalue weighted by molar-refractivity contribution is 0.340. The summed E-state index contributed by atoms with van der Waals surface area (Å²) < 4.78 is 5.59. The Hall–Kier alpha value is -2.37. The monoisotopic (exact) mass is 418 g/mol. The van der Waals surface area contributed by atoms with Crippen molar-refractivity contribution in [1.29, 1.82) is 0 Å². The molecule has 3 nitrogen and oxygen atoms in total. The van der Waals surface area contributed by atoms with E-state index in [1.807, 2.05) is 24.3 Å². The van der Waals surface area contributed by atoms with Crippen LogP contribution in [0.4, 0.5) is 0 Å². The number of nitrogens with zero attached hydrogens (tertiary/aromatic N) is 2. The van der Waals surface area contributed by atoms with E-state index in [9.17, 15) is 0 Å². The summed E-state index contributed by atoms with van der Waals surface area (Å²) in [5.41, 5.74) is 2.87. The molecule has 0 saturated heterocycles. The third-order valence-electron chi connectivity index (χ3n) is 5.43. The Kier molecular flexibility index (Phi) is 5.25. The molecular weight excluding hydrogens is 396 g/mol. The zero-order valence-corrected chi connectivity index (χ0v) is 17.9. The molecule has 0 spiro atoms. The summed E-state index contributed by atoms with van der Waals surface area (Å²) in [6.45, 7) is 2.73. The third kappa shape index (κ3) is 3.77. The molecule has 0 aliphatic heterocycles. The van der Waals surface area contributed by atoms with E-state index in [0.29, 0.717) is 12.5 Å². The molecule has 1 unspecified atom stereocenters. The summed E-state index contributed by atoms with van der Waals surface area (Å²) in [6.07, 6.45) is 5.04. The van der Waals surface area contributed by atoms with Crippen LogP contribution in [0.5, 0.6) is 5.75 Å². The van der Waals surface area contributed by atoms with Gasteiger partial charge in [-0.2, -0.15) is 0 Å². The molecule has 4 aromatic rings. The normalized spacial score (nSPS) is 16.0. The van der Waals surface area contributed by atoms with E-state index in [1.165, 1.54) is 26.3 Å². The standard InChI is InChI=1S/C24H22N2OS2/c1-2-27-18-11-8-16(9-12-18)17-10-13-20-21(14-17)29-24-22(20)23(25-15-26-24)28-19-6-4-3-5-7-19/h3-9,11-12,15,17H,2,10,13-14H2,1H3. The first kappa shape index (κ1) is 18.6. The van der Waals surface area contributed by atoms with Crippen LogP contribution in [0.1, 0.15) is 35.3 Å². The Labute approximate surface area is 179 Å². The molecule has 0 saturated carbocycles. The summed E-state index contributed by atoms with van der Waals surface area (Å²) in [5.74, 6) is 1.51. The highest BCUT2D eigenvalue weighted by Gasteiger charge is 2.26. The van der Waals surface area contributed by atoms with Crippen molar-refractivity contribution in [3.05, 3.63) is 76.9 Å². The van der Waals surface area contributed by atoms with E-state index >= 15 is 0 Å². The molecule has 2 heterocycles. The summed E-state index contributed by atoms with van der Waals surface area (Å²) >= 11 is 3.58. The smallest absolute Gasteiger partial charge is 0.128 e. The van der Waals surface area contributed by atoms with Gasteiger partial charge in [0.1, 0.15) is 21.9 Å². The number of benzene rings is 2. The van der Waals surface area contributed by atoms with E-state index < -0.39 is 0 Å². The second kappa shape index (κ2) is 8.17. The zero-order valence-electron chi connectivity index (χ0n) is 16.3. The maximum absolute atomic E-state index is 5.59. The van der Waals surface area contributed by atoms with Crippen LogP contribution in [0, 0.1) is 0 Å². The average molecular weight is 419 g/mol. The van der Waals surface area contributed by atoms with Crippen LogP contribution >= 0.6 is 23.1 Å². The molecule has 0 N–H and O–H groups in total. The molecule has 0 fully saturated rings. The molecule has 0 bridgehead atoms. The molecule has 1 aliphatic rings. The highest BCUT2D eigenvalue weighted by Crippen LogP contribution is 2.44. The molecule has 1 aliphatic carbocycles. The lowest BCUT2D eigenvalue weighted by Gasteiger charge is -2.23. The first-order valence-corrected chi connectivity index (χ1v) is 11.7. The van der Waals surface area contributed by atoms with Gasteiger partial charge in [0.2, 0.25) is 0 Å². The number of thiophene rings is 1. The first-order valence-electron chi connectivity index (χ1n) is 10.0. The van der Waals surface area contributed by atoms with Gasteiger partial charge in [0.15, 0.2) is 0 Å².